The van der Waals surface area contributed by atoms with Crippen molar-refractivity contribution < 1.29 is 9.13 Å². The number of ether oxygens (including phenoxy) is 1. The second-order valence-electron chi connectivity index (χ2n) is 6.64. The maximum absolute atomic E-state index is 13.0. The number of likely N-dealkylation sites (tertiary alicyclic amines) is 1. The molecule has 3 heterocycles. The molecule has 5 nitrogen and oxygen atoms in total. The minimum atomic E-state index is -0.383. The summed E-state index contributed by atoms with van der Waals surface area (Å²) in [4.78, 5) is 13.0. The molecule has 2 bridgehead atoms. The molecule has 3 atom stereocenters. The van der Waals surface area contributed by atoms with Crippen molar-refractivity contribution in [3.8, 4) is 0 Å². The molecule has 0 N–H and O–H groups in total. The Morgan fingerprint density at radius 2 is 1.95 bits per heavy atom. The van der Waals surface area contributed by atoms with E-state index in [9.17, 15) is 4.39 Å². The first-order valence-electron chi connectivity index (χ1n) is 8.39. The van der Waals surface area contributed by atoms with Gasteiger partial charge < -0.3 is 14.5 Å². The number of halogens is 1. The van der Waals surface area contributed by atoms with E-state index in [4.69, 9.17) is 4.74 Å². The number of rotatable bonds is 5. The highest BCUT2D eigenvalue weighted by molar-refractivity contribution is 5.36. The van der Waals surface area contributed by atoms with Crippen molar-refractivity contribution in [1.29, 1.82) is 0 Å². The van der Waals surface area contributed by atoms with Crippen molar-refractivity contribution in [2.45, 2.75) is 37.8 Å². The van der Waals surface area contributed by atoms with Gasteiger partial charge in [-0.2, -0.15) is 0 Å². The summed E-state index contributed by atoms with van der Waals surface area (Å²) in [5, 5.41) is 0. The average Bonchev–Trinajstić information content (AvgIpc) is 3.25. The fraction of sp³-hybridized carbons (Fsp3) is 0.750. The van der Waals surface area contributed by atoms with Gasteiger partial charge >= 0.3 is 0 Å². The summed E-state index contributed by atoms with van der Waals surface area (Å²) in [6.45, 7) is 5.23. The molecule has 0 radical (unpaired) electrons. The number of anilines is 1. The predicted molar refractivity (Wildman–Crippen MR) is 81.3 cm³/mol. The number of hydrogen-bond donors (Lipinski definition) is 0. The van der Waals surface area contributed by atoms with E-state index in [0.717, 1.165) is 26.1 Å². The van der Waals surface area contributed by atoms with Crippen LogP contribution < -0.4 is 4.90 Å². The third-order valence-corrected chi connectivity index (χ3v) is 5.29. The zero-order chi connectivity index (χ0) is 14.9. The van der Waals surface area contributed by atoms with Crippen molar-refractivity contribution in [2.75, 3.05) is 37.7 Å². The molecule has 3 aliphatic rings. The number of piperidine rings is 1. The van der Waals surface area contributed by atoms with E-state index in [0.29, 0.717) is 17.9 Å². The van der Waals surface area contributed by atoms with Crippen LogP contribution in [0.25, 0.3) is 0 Å². The number of fused-ring (bicyclic) bond motifs is 2. The van der Waals surface area contributed by atoms with Crippen LogP contribution >= 0.6 is 0 Å². The summed E-state index contributed by atoms with van der Waals surface area (Å²) in [6, 6.07) is 0.356. The van der Waals surface area contributed by atoms with Gasteiger partial charge in [-0.25, -0.2) is 14.4 Å². The van der Waals surface area contributed by atoms with Gasteiger partial charge in [-0.1, -0.05) is 0 Å². The summed E-state index contributed by atoms with van der Waals surface area (Å²) in [5.41, 5.74) is 0. The van der Waals surface area contributed by atoms with Crippen LogP contribution in [0.5, 0.6) is 0 Å². The quantitative estimate of drug-likeness (QED) is 0.828. The van der Waals surface area contributed by atoms with Gasteiger partial charge in [-0.3, -0.25) is 0 Å². The molecule has 1 aromatic heterocycles. The smallest absolute Gasteiger partial charge is 0.225 e. The van der Waals surface area contributed by atoms with Crippen LogP contribution in [0.3, 0.4) is 0 Å². The van der Waals surface area contributed by atoms with E-state index in [-0.39, 0.29) is 11.9 Å². The molecule has 1 aliphatic carbocycles. The van der Waals surface area contributed by atoms with Crippen LogP contribution in [-0.2, 0) is 4.74 Å². The van der Waals surface area contributed by atoms with Crippen LogP contribution in [-0.4, -0.2) is 59.8 Å². The number of aromatic nitrogens is 2. The van der Waals surface area contributed by atoms with Gasteiger partial charge in [-0.05, 0) is 38.8 Å². The second-order valence-corrected chi connectivity index (χ2v) is 6.64. The van der Waals surface area contributed by atoms with Crippen molar-refractivity contribution in [2.24, 2.45) is 5.92 Å². The molecule has 22 heavy (non-hydrogen) atoms. The van der Waals surface area contributed by atoms with E-state index in [1.807, 2.05) is 0 Å². The molecule has 120 valence electrons. The molecule has 0 aromatic carbocycles. The third kappa shape index (κ3) is 2.70. The Kier molecular flexibility index (Phi) is 3.96. The normalized spacial score (nSPS) is 31.3. The Hall–Kier alpha value is -1.27. The lowest BCUT2D eigenvalue weighted by atomic mass is 10.1. The highest BCUT2D eigenvalue weighted by Crippen LogP contribution is 2.41. The molecule has 1 saturated carbocycles. The highest BCUT2D eigenvalue weighted by Gasteiger charge is 2.48. The van der Waals surface area contributed by atoms with Gasteiger partial charge in [0.1, 0.15) is 0 Å². The van der Waals surface area contributed by atoms with Gasteiger partial charge in [0.2, 0.25) is 5.95 Å². The van der Waals surface area contributed by atoms with Gasteiger partial charge in [0.15, 0.2) is 5.82 Å². The molecular weight excluding hydrogens is 283 g/mol. The first-order valence-corrected chi connectivity index (χ1v) is 8.39. The SMILES string of the molecule is Fc1cnc(N2C[C@H]3CC[C@H]2[C@H]3OCCN2CCCC2)nc1. The summed E-state index contributed by atoms with van der Waals surface area (Å²) in [6.07, 6.45) is 7.77. The lowest BCUT2D eigenvalue weighted by molar-refractivity contribution is 0.0282. The van der Waals surface area contributed by atoms with Crippen LogP contribution in [0.4, 0.5) is 10.3 Å². The molecule has 3 fully saturated rings. The highest BCUT2D eigenvalue weighted by atomic mass is 19.1. The summed E-state index contributed by atoms with van der Waals surface area (Å²) in [5.74, 6) is 0.825. The summed E-state index contributed by atoms with van der Waals surface area (Å²) < 4.78 is 19.2. The van der Waals surface area contributed by atoms with Gasteiger partial charge in [0.05, 0.1) is 31.1 Å². The van der Waals surface area contributed by atoms with Crippen molar-refractivity contribution >= 4 is 5.95 Å². The topological polar surface area (TPSA) is 41.5 Å². The number of hydrogen-bond acceptors (Lipinski definition) is 5. The molecule has 0 unspecified atom stereocenters. The average molecular weight is 306 g/mol. The van der Waals surface area contributed by atoms with E-state index in [1.165, 1.54) is 44.7 Å². The Balaban J connectivity index is 1.35. The largest absolute Gasteiger partial charge is 0.374 e. The van der Waals surface area contributed by atoms with E-state index >= 15 is 0 Å². The minimum absolute atomic E-state index is 0.288. The molecule has 0 amide bonds. The first kappa shape index (κ1) is 14.3. The summed E-state index contributed by atoms with van der Waals surface area (Å²) in [7, 11) is 0. The molecule has 2 aliphatic heterocycles. The van der Waals surface area contributed by atoms with Crippen LogP contribution in [0.1, 0.15) is 25.7 Å². The molecular formula is C16H23FN4O. The zero-order valence-electron chi connectivity index (χ0n) is 12.8. The Morgan fingerprint density at radius 3 is 2.73 bits per heavy atom. The molecule has 0 spiro atoms. The Labute approximate surface area is 130 Å². The van der Waals surface area contributed by atoms with Crippen molar-refractivity contribution in [3.05, 3.63) is 18.2 Å². The molecule has 4 rings (SSSR count). The van der Waals surface area contributed by atoms with Gasteiger partial charge in [-0.15, -0.1) is 0 Å². The van der Waals surface area contributed by atoms with Crippen LogP contribution in [0.15, 0.2) is 12.4 Å². The minimum Gasteiger partial charge on any atom is -0.374 e. The second kappa shape index (κ2) is 6.08. The lowest BCUT2D eigenvalue weighted by Crippen LogP contribution is -2.37. The zero-order valence-corrected chi connectivity index (χ0v) is 12.8. The molecule has 2 saturated heterocycles. The van der Waals surface area contributed by atoms with E-state index in [2.05, 4.69) is 19.8 Å². The maximum atomic E-state index is 13.0. The Morgan fingerprint density at radius 1 is 1.18 bits per heavy atom. The monoisotopic (exact) mass is 306 g/mol. The predicted octanol–water partition coefficient (Wildman–Crippen LogP) is 1.70. The standard InChI is InChI=1S/C16H23FN4O/c17-13-9-18-16(19-10-13)21-11-12-3-4-14(21)15(12)22-8-7-20-5-1-2-6-20/h9-10,12,14-15H,1-8,11H2/t12-,14+,15+/m1/s1. The fourth-order valence-corrected chi connectivity index (χ4v) is 4.20. The van der Waals surface area contributed by atoms with Crippen molar-refractivity contribution in [3.63, 3.8) is 0 Å². The lowest BCUT2D eigenvalue weighted by Gasteiger charge is -2.27. The maximum Gasteiger partial charge on any atom is 0.225 e. The van der Waals surface area contributed by atoms with Crippen molar-refractivity contribution in [1.82, 2.24) is 14.9 Å². The fourth-order valence-electron chi connectivity index (χ4n) is 4.20. The van der Waals surface area contributed by atoms with Crippen LogP contribution in [0.2, 0.25) is 0 Å². The molecule has 1 aromatic rings. The third-order valence-electron chi connectivity index (χ3n) is 5.29. The summed E-state index contributed by atoms with van der Waals surface area (Å²) >= 11 is 0. The van der Waals surface area contributed by atoms with E-state index in [1.54, 1.807) is 0 Å². The van der Waals surface area contributed by atoms with Crippen LogP contribution in [0, 0.1) is 11.7 Å². The Bertz CT molecular complexity index is 505. The first-order chi connectivity index (χ1) is 10.8. The van der Waals surface area contributed by atoms with E-state index < -0.39 is 0 Å². The van der Waals surface area contributed by atoms with Gasteiger partial charge in [0, 0.05) is 19.0 Å². The van der Waals surface area contributed by atoms with Gasteiger partial charge in [0.25, 0.3) is 0 Å². The number of nitrogens with zero attached hydrogens (tertiary/aromatic N) is 4. The molecule has 6 heteroatoms.